The van der Waals surface area contributed by atoms with E-state index in [1.165, 1.54) is 11.3 Å². The average molecular weight is 372 g/mol. The van der Waals surface area contributed by atoms with Crippen molar-refractivity contribution in [2.75, 3.05) is 5.32 Å². The molecule has 0 aliphatic carbocycles. The molecule has 128 valence electrons. The van der Waals surface area contributed by atoms with Crippen LogP contribution in [0.1, 0.15) is 37.6 Å². The Balaban J connectivity index is 1.73. The SMILES string of the molecule is Cc1cc(C)c(C(=O)Nc2nnc(Cc3ccc(Cl)cc3)s2)c(C)c1. The third-order valence-corrected chi connectivity index (χ3v) is 4.95. The van der Waals surface area contributed by atoms with Gasteiger partial charge in [0.25, 0.3) is 5.91 Å². The molecule has 25 heavy (non-hydrogen) atoms. The molecular weight excluding hydrogens is 354 g/mol. The second-order valence-electron chi connectivity index (χ2n) is 6.03. The van der Waals surface area contributed by atoms with Gasteiger partial charge in [0.2, 0.25) is 5.13 Å². The Morgan fingerprint density at radius 1 is 1.08 bits per heavy atom. The van der Waals surface area contributed by atoms with Crippen molar-refractivity contribution in [3.63, 3.8) is 0 Å². The van der Waals surface area contributed by atoms with Crippen LogP contribution in [0.15, 0.2) is 36.4 Å². The lowest BCUT2D eigenvalue weighted by atomic mass is 9.99. The summed E-state index contributed by atoms with van der Waals surface area (Å²) in [7, 11) is 0. The van der Waals surface area contributed by atoms with Crippen LogP contribution in [0.3, 0.4) is 0 Å². The summed E-state index contributed by atoms with van der Waals surface area (Å²) >= 11 is 7.28. The molecule has 3 aromatic rings. The van der Waals surface area contributed by atoms with Crippen LogP contribution in [-0.4, -0.2) is 16.1 Å². The molecule has 6 heteroatoms. The van der Waals surface area contributed by atoms with Gasteiger partial charge in [0, 0.05) is 17.0 Å². The summed E-state index contributed by atoms with van der Waals surface area (Å²) in [5, 5.41) is 13.2. The summed E-state index contributed by atoms with van der Waals surface area (Å²) in [6.07, 6.45) is 0.660. The number of aromatic nitrogens is 2. The van der Waals surface area contributed by atoms with Gasteiger partial charge >= 0.3 is 0 Å². The molecule has 0 spiro atoms. The van der Waals surface area contributed by atoms with Gasteiger partial charge in [-0.05, 0) is 49.6 Å². The second-order valence-corrected chi connectivity index (χ2v) is 7.53. The van der Waals surface area contributed by atoms with Crippen molar-refractivity contribution in [2.24, 2.45) is 0 Å². The maximum atomic E-state index is 12.6. The summed E-state index contributed by atoms with van der Waals surface area (Å²) in [4.78, 5) is 12.6. The van der Waals surface area contributed by atoms with E-state index in [0.29, 0.717) is 22.1 Å². The smallest absolute Gasteiger partial charge is 0.258 e. The highest BCUT2D eigenvalue weighted by atomic mass is 35.5. The van der Waals surface area contributed by atoms with Crippen molar-refractivity contribution < 1.29 is 4.79 Å². The molecule has 0 saturated carbocycles. The lowest BCUT2D eigenvalue weighted by molar-refractivity contribution is 0.102. The summed E-state index contributed by atoms with van der Waals surface area (Å²) in [6, 6.07) is 11.6. The Hall–Kier alpha value is -2.24. The number of carbonyl (C=O) groups excluding carboxylic acids is 1. The summed E-state index contributed by atoms with van der Waals surface area (Å²) in [5.41, 5.74) is 4.86. The fourth-order valence-corrected chi connectivity index (χ4v) is 3.75. The van der Waals surface area contributed by atoms with Gasteiger partial charge in [-0.1, -0.05) is 52.8 Å². The van der Waals surface area contributed by atoms with Crippen molar-refractivity contribution in [3.05, 3.63) is 74.2 Å². The Kier molecular flexibility index (Phi) is 5.16. The zero-order valence-electron chi connectivity index (χ0n) is 14.3. The highest BCUT2D eigenvalue weighted by Gasteiger charge is 2.15. The molecule has 3 rings (SSSR count). The van der Waals surface area contributed by atoms with Gasteiger partial charge in [0.1, 0.15) is 5.01 Å². The maximum absolute atomic E-state index is 12.6. The Morgan fingerprint density at radius 2 is 1.72 bits per heavy atom. The van der Waals surface area contributed by atoms with Crippen LogP contribution in [-0.2, 0) is 6.42 Å². The van der Waals surface area contributed by atoms with Gasteiger partial charge in [-0.15, -0.1) is 10.2 Å². The second kappa shape index (κ2) is 7.33. The Bertz CT molecular complexity index is 896. The number of nitrogens with zero attached hydrogens (tertiary/aromatic N) is 2. The van der Waals surface area contributed by atoms with Gasteiger partial charge in [0.05, 0.1) is 0 Å². The zero-order valence-corrected chi connectivity index (χ0v) is 15.8. The zero-order chi connectivity index (χ0) is 18.0. The number of halogens is 1. The Labute approximate surface area is 155 Å². The summed E-state index contributed by atoms with van der Waals surface area (Å²) < 4.78 is 0. The minimum Gasteiger partial charge on any atom is -0.296 e. The normalized spacial score (nSPS) is 10.7. The number of hydrogen-bond donors (Lipinski definition) is 1. The first-order chi connectivity index (χ1) is 11.9. The highest BCUT2D eigenvalue weighted by Crippen LogP contribution is 2.22. The standard InChI is InChI=1S/C19H18ClN3OS/c1-11-8-12(2)17(13(3)9-11)18(24)21-19-23-22-16(25-19)10-14-4-6-15(20)7-5-14/h4-9H,10H2,1-3H3,(H,21,23,24). The first kappa shape index (κ1) is 17.6. The fourth-order valence-electron chi connectivity index (χ4n) is 2.85. The van der Waals surface area contributed by atoms with Crippen molar-refractivity contribution in [2.45, 2.75) is 27.2 Å². The van der Waals surface area contributed by atoms with Crippen LogP contribution >= 0.6 is 22.9 Å². The molecule has 0 aliphatic heterocycles. The molecule has 0 aliphatic rings. The summed E-state index contributed by atoms with van der Waals surface area (Å²) in [6.45, 7) is 5.91. The minimum absolute atomic E-state index is 0.149. The third kappa shape index (κ3) is 4.24. The van der Waals surface area contributed by atoms with E-state index >= 15 is 0 Å². The molecule has 0 saturated heterocycles. The van der Waals surface area contributed by atoms with Gasteiger partial charge in [0.15, 0.2) is 0 Å². The minimum atomic E-state index is -0.149. The number of hydrogen-bond acceptors (Lipinski definition) is 4. The van der Waals surface area contributed by atoms with Crippen molar-refractivity contribution in [3.8, 4) is 0 Å². The number of aryl methyl sites for hydroxylation is 3. The Morgan fingerprint density at radius 3 is 2.36 bits per heavy atom. The van der Waals surface area contributed by atoms with E-state index in [0.717, 1.165) is 27.3 Å². The number of nitrogens with one attached hydrogen (secondary N) is 1. The van der Waals surface area contributed by atoms with Crippen molar-refractivity contribution in [1.29, 1.82) is 0 Å². The lowest BCUT2D eigenvalue weighted by Gasteiger charge is -2.10. The van der Waals surface area contributed by atoms with Gasteiger partial charge in [-0.25, -0.2) is 0 Å². The van der Waals surface area contributed by atoms with E-state index in [1.54, 1.807) is 0 Å². The van der Waals surface area contributed by atoms with Gasteiger partial charge in [-0.3, -0.25) is 10.1 Å². The number of anilines is 1. The molecule has 1 amide bonds. The third-order valence-electron chi connectivity index (χ3n) is 3.86. The quantitative estimate of drug-likeness (QED) is 0.705. The summed E-state index contributed by atoms with van der Waals surface area (Å²) in [5.74, 6) is -0.149. The molecule has 0 atom stereocenters. The molecule has 0 bridgehead atoms. The molecule has 0 fully saturated rings. The van der Waals surface area contributed by atoms with Crippen LogP contribution < -0.4 is 5.32 Å². The van der Waals surface area contributed by atoms with Crippen molar-refractivity contribution >= 4 is 34.0 Å². The largest absolute Gasteiger partial charge is 0.296 e. The predicted octanol–water partition coefficient (Wildman–Crippen LogP) is 4.96. The fraction of sp³-hybridized carbons (Fsp3) is 0.211. The van der Waals surface area contributed by atoms with E-state index < -0.39 is 0 Å². The van der Waals surface area contributed by atoms with E-state index in [2.05, 4.69) is 15.5 Å². The van der Waals surface area contributed by atoms with Crippen LogP contribution in [0.25, 0.3) is 0 Å². The molecular formula is C19H18ClN3OS. The van der Waals surface area contributed by atoms with E-state index in [1.807, 2.05) is 57.2 Å². The highest BCUT2D eigenvalue weighted by molar-refractivity contribution is 7.15. The average Bonchev–Trinajstić information content (AvgIpc) is 2.95. The number of rotatable bonds is 4. The molecule has 1 heterocycles. The first-order valence-corrected chi connectivity index (χ1v) is 9.08. The number of benzene rings is 2. The van der Waals surface area contributed by atoms with Crippen LogP contribution in [0.4, 0.5) is 5.13 Å². The topological polar surface area (TPSA) is 54.9 Å². The molecule has 2 aromatic carbocycles. The van der Waals surface area contributed by atoms with Crippen LogP contribution in [0, 0.1) is 20.8 Å². The predicted molar refractivity (Wildman–Crippen MR) is 103 cm³/mol. The van der Waals surface area contributed by atoms with Crippen molar-refractivity contribution in [1.82, 2.24) is 10.2 Å². The van der Waals surface area contributed by atoms with E-state index in [-0.39, 0.29) is 5.91 Å². The van der Waals surface area contributed by atoms with Gasteiger partial charge in [-0.2, -0.15) is 0 Å². The first-order valence-electron chi connectivity index (χ1n) is 7.88. The molecule has 4 nitrogen and oxygen atoms in total. The molecule has 1 N–H and O–H groups in total. The number of carbonyl (C=O) groups is 1. The molecule has 1 aromatic heterocycles. The van der Waals surface area contributed by atoms with E-state index in [4.69, 9.17) is 11.6 Å². The maximum Gasteiger partial charge on any atom is 0.258 e. The van der Waals surface area contributed by atoms with E-state index in [9.17, 15) is 4.79 Å². The molecule has 0 unspecified atom stereocenters. The number of amides is 1. The van der Waals surface area contributed by atoms with Crippen LogP contribution in [0.2, 0.25) is 5.02 Å². The molecule has 0 radical (unpaired) electrons. The lowest BCUT2D eigenvalue weighted by Crippen LogP contribution is -2.15. The van der Waals surface area contributed by atoms with Gasteiger partial charge < -0.3 is 0 Å². The monoisotopic (exact) mass is 371 g/mol. The van der Waals surface area contributed by atoms with Crippen LogP contribution in [0.5, 0.6) is 0 Å².